The van der Waals surface area contributed by atoms with Gasteiger partial charge in [0.15, 0.2) is 0 Å². The molecule has 3 aliphatic rings. The van der Waals surface area contributed by atoms with Crippen LogP contribution in [0.2, 0.25) is 0 Å². The molecule has 3 rings (SSSR count). The molecule has 1 amide bonds. The molecule has 1 N–H and O–H groups in total. The zero-order valence-corrected chi connectivity index (χ0v) is 24.4. The molecule has 8 heteroatoms. The Labute approximate surface area is 233 Å². The Hall–Kier alpha value is -2.29. The zero-order valence-electron chi connectivity index (χ0n) is 24.4. The highest BCUT2D eigenvalue weighted by Crippen LogP contribution is 2.43. The molecule has 3 heterocycles. The number of esters is 1. The summed E-state index contributed by atoms with van der Waals surface area (Å²) in [7, 11) is 0. The fourth-order valence-electron chi connectivity index (χ4n) is 5.51. The first-order valence-electron chi connectivity index (χ1n) is 14.5. The van der Waals surface area contributed by atoms with Gasteiger partial charge in [0.2, 0.25) is 5.91 Å². The van der Waals surface area contributed by atoms with Crippen LogP contribution in [0.4, 0.5) is 0 Å². The van der Waals surface area contributed by atoms with Crippen LogP contribution in [0.5, 0.6) is 0 Å². The number of carbonyl (C=O) groups is 3. The van der Waals surface area contributed by atoms with Crippen LogP contribution in [-0.2, 0) is 33.3 Å². The van der Waals surface area contributed by atoms with Gasteiger partial charge in [-0.2, -0.15) is 0 Å². The Morgan fingerprint density at radius 1 is 1.13 bits per heavy atom. The van der Waals surface area contributed by atoms with Gasteiger partial charge in [0.1, 0.15) is 11.9 Å². The van der Waals surface area contributed by atoms with Crippen molar-refractivity contribution in [3.63, 3.8) is 0 Å². The molecule has 8 nitrogen and oxygen atoms in total. The highest BCUT2D eigenvalue weighted by atomic mass is 16.6. The molecule has 0 aromatic heterocycles. The van der Waals surface area contributed by atoms with Gasteiger partial charge in [0, 0.05) is 38.7 Å². The van der Waals surface area contributed by atoms with Gasteiger partial charge in [-0.05, 0) is 52.0 Å². The summed E-state index contributed by atoms with van der Waals surface area (Å²) < 4.78 is 23.3. The Kier molecular flexibility index (Phi) is 11.5. The van der Waals surface area contributed by atoms with E-state index in [4.69, 9.17) is 18.9 Å². The number of amides is 1. The lowest BCUT2D eigenvalue weighted by molar-refractivity contribution is -0.143. The molecule has 0 aromatic rings. The van der Waals surface area contributed by atoms with Gasteiger partial charge in [0.25, 0.3) is 0 Å². The second-order valence-electron chi connectivity index (χ2n) is 11.6. The van der Waals surface area contributed by atoms with E-state index < -0.39 is 6.10 Å². The molecule has 0 radical (unpaired) electrons. The van der Waals surface area contributed by atoms with E-state index >= 15 is 0 Å². The number of allylic oxidation sites excluding steroid dienone is 2. The monoisotopic (exact) mass is 545 g/mol. The van der Waals surface area contributed by atoms with Crippen molar-refractivity contribution in [2.45, 2.75) is 129 Å². The van der Waals surface area contributed by atoms with Crippen molar-refractivity contribution in [2.75, 3.05) is 6.61 Å². The first kappa shape index (κ1) is 31.2. The molecule has 0 aliphatic carbocycles. The molecule has 3 saturated heterocycles. The summed E-state index contributed by atoms with van der Waals surface area (Å²) in [6.07, 6.45) is 13.9. The van der Waals surface area contributed by atoms with Gasteiger partial charge in [-0.3, -0.25) is 14.4 Å². The van der Waals surface area contributed by atoms with Crippen molar-refractivity contribution in [3.8, 4) is 0 Å². The van der Waals surface area contributed by atoms with E-state index in [0.29, 0.717) is 12.8 Å². The van der Waals surface area contributed by atoms with Crippen LogP contribution in [0.3, 0.4) is 0 Å². The fraction of sp³-hybridized carbons (Fsp3) is 0.710. The van der Waals surface area contributed by atoms with E-state index in [0.717, 1.165) is 44.3 Å². The second-order valence-corrected chi connectivity index (χ2v) is 11.6. The third-order valence-electron chi connectivity index (χ3n) is 7.74. The number of ether oxygens (including phenoxy) is 4. The van der Waals surface area contributed by atoms with Crippen LogP contribution in [-0.4, -0.2) is 66.4 Å². The summed E-state index contributed by atoms with van der Waals surface area (Å²) in [6, 6.07) is -0.0834. The molecule has 0 aromatic carbocycles. The van der Waals surface area contributed by atoms with Gasteiger partial charge in [-0.15, -0.1) is 0 Å². The molecular formula is C31H47NO7. The Balaban J connectivity index is 1.46. The zero-order chi connectivity index (χ0) is 28.6. The molecule has 218 valence electrons. The van der Waals surface area contributed by atoms with Crippen LogP contribution < -0.4 is 5.32 Å². The average molecular weight is 546 g/mol. The van der Waals surface area contributed by atoms with Crippen molar-refractivity contribution >= 4 is 17.7 Å². The predicted molar refractivity (Wildman–Crippen MR) is 149 cm³/mol. The summed E-state index contributed by atoms with van der Waals surface area (Å²) >= 11 is 0. The normalized spacial score (nSPS) is 33.8. The van der Waals surface area contributed by atoms with Crippen LogP contribution >= 0.6 is 0 Å². The lowest BCUT2D eigenvalue weighted by Crippen LogP contribution is -2.50. The highest BCUT2D eigenvalue weighted by molar-refractivity contribution is 5.87. The molecule has 1 spiro atoms. The number of Topliss-reactive ketones (excluding diaryl/α,β-unsaturated/α-hetero) is 1. The Morgan fingerprint density at radius 3 is 2.54 bits per heavy atom. The lowest BCUT2D eigenvalue weighted by Gasteiger charge is -2.39. The second kappa shape index (κ2) is 14.4. The third-order valence-corrected chi connectivity index (χ3v) is 7.74. The summed E-state index contributed by atoms with van der Waals surface area (Å²) in [5, 5.41) is 3.02. The van der Waals surface area contributed by atoms with E-state index in [-0.39, 0.29) is 59.6 Å². The molecule has 3 fully saturated rings. The fourth-order valence-corrected chi connectivity index (χ4v) is 5.51. The van der Waals surface area contributed by atoms with Crippen molar-refractivity contribution in [2.24, 2.45) is 5.92 Å². The largest absolute Gasteiger partial charge is 0.459 e. The molecular weight excluding hydrogens is 498 g/mol. The molecule has 39 heavy (non-hydrogen) atoms. The maximum atomic E-state index is 12.4. The topological polar surface area (TPSA) is 103 Å². The number of hydrogen-bond acceptors (Lipinski definition) is 7. The number of rotatable bonds is 12. The van der Waals surface area contributed by atoms with Crippen molar-refractivity contribution in [3.05, 3.63) is 36.0 Å². The minimum atomic E-state index is -0.454. The van der Waals surface area contributed by atoms with E-state index in [1.54, 1.807) is 13.0 Å². The van der Waals surface area contributed by atoms with Crippen molar-refractivity contribution in [1.82, 2.24) is 5.32 Å². The summed E-state index contributed by atoms with van der Waals surface area (Å²) in [6.45, 7) is 12.1. The number of epoxide rings is 1. The van der Waals surface area contributed by atoms with E-state index in [9.17, 15) is 14.4 Å². The summed E-state index contributed by atoms with van der Waals surface area (Å²) in [4.78, 5) is 35.5. The van der Waals surface area contributed by atoms with E-state index in [1.807, 2.05) is 13.8 Å². The molecule has 8 atom stereocenters. The van der Waals surface area contributed by atoms with Gasteiger partial charge in [0.05, 0.1) is 42.7 Å². The maximum absolute atomic E-state index is 12.4. The van der Waals surface area contributed by atoms with Crippen molar-refractivity contribution < 1.29 is 33.3 Å². The van der Waals surface area contributed by atoms with Crippen molar-refractivity contribution in [1.29, 1.82) is 0 Å². The third kappa shape index (κ3) is 10.3. The van der Waals surface area contributed by atoms with Crippen LogP contribution in [0, 0.1) is 5.92 Å². The predicted octanol–water partition coefficient (Wildman–Crippen LogP) is 4.76. The van der Waals surface area contributed by atoms with Crippen LogP contribution in [0.15, 0.2) is 36.0 Å². The van der Waals surface area contributed by atoms with Gasteiger partial charge >= 0.3 is 5.97 Å². The minimum absolute atomic E-state index is 0.0515. The number of ketones is 1. The molecule has 3 aliphatic heterocycles. The Morgan fingerprint density at radius 2 is 1.87 bits per heavy atom. The first-order valence-corrected chi connectivity index (χ1v) is 14.5. The smallest absolute Gasteiger partial charge is 0.303 e. The Bertz CT molecular complexity index is 951. The highest BCUT2D eigenvalue weighted by Gasteiger charge is 2.51. The quantitative estimate of drug-likeness (QED) is 0.163. The average Bonchev–Trinajstić information content (AvgIpc) is 3.59. The van der Waals surface area contributed by atoms with E-state index in [2.05, 4.69) is 37.4 Å². The number of nitrogens with one attached hydrogen (secondary N) is 1. The van der Waals surface area contributed by atoms with Gasteiger partial charge < -0.3 is 24.3 Å². The summed E-state index contributed by atoms with van der Waals surface area (Å²) in [5.41, 5.74) is 1.03. The maximum Gasteiger partial charge on any atom is 0.303 e. The minimum Gasteiger partial charge on any atom is -0.459 e. The molecule has 0 unspecified atom stereocenters. The van der Waals surface area contributed by atoms with E-state index in [1.165, 1.54) is 13.0 Å². The number of carbonyl (C=O) groups excluding carboxylic acids is 3. The van der Waals surface area contributed by atoms with Gasteiger partial charge in [-0.25, -0.2) is 0 Å². The summed E-state index contributed by atoms with van der Waals surface area (Å²) in [5.74, 6) is -0.0594. The van der Waals surface area contributed by atoms with Gasteiger partial charge in [-0.1, -0.05) is 37.6 Å². The lowest BCUT2D eigenvalue weighted by atomic mass is 9.88. The SMILES string of the molecule is CCCC(=O)C[C@@H]1C[C@@]2(CO2)C[C@@H](/C=C/C(C)=C/C[C@@H]2O[C@H](C)[C@H](NC(=O)/C=C\[C@H](C)OC(C)=O)C[C@@H]2C)O1. The standard InChI is InChI=1S/C31H47NO7/c1-7-8-25(34)16-27-18-31(19-36-31)17-26(39-27)12-9-20(2)10-13-29-21(3)15-28(23(5)38-29)32-30(35)14-11-22(4)37-24(6)33/h9-12,14,21-23,26-29H,7-8,13,15-19H2,1-6H3,(H,32,35)/b12-9+,14-11-,20-10+/t21-,22-,23+,26+,27+,28+,29-,31+/m0/s1. The first-order chi connectivity index (χ1) is 18.5. The molecule has 0 saturated carbocycles. The number of hydrogen-bond donors (Lipinski definition) is 1. The van der Waals surface area contributed by atoms with Crippen LogP contribution in [0.1, 0.15) is 86.5 Å². The molecule has 0 bridgehead atoms. The van der Waals surface area contributed by atoms with Crippen LogP contribution in [0.25, 0.3) is 0 Å².